The van der Waals surface area contributed by atoms with Gasteiger partial charge in [-0.05, 0) is 86.6 Å². The standard InChI is InChI=1S/C27H35NO2/c1-18(10-8-13-19-11-6-5-7-12-19)20-16-23-21(17-25(20)30)26-22(14-9-15-24(26)29)27(2,3)28(23)4/h5-7,11-12,16-18,22,26,30H,8-10,13-15H2,1-4H3. The molecule has 4 rings (SSSR count). The molecule has 0 spiro atoms. The molecule has 3 unspecified atom stereocenters. The van der Waals surface area contributed by atoms with E-state index in [0.717, 1.165) is 48.9 Å². The maximum Gasteiger partial charge on any atom is 0.140 e. The number of phenols is 1. The molecule has 0 saturated heterocycles. The van der Waals surface area contributed by atoms with Crippen molar-refractivity contribution in [3.05, 3.63) is 59.2 Å². The number of benzene rings is 2. The Morgan fingerprint density at radius 1 is 1.20 bits per heavy atom. The van der Waals surface area contributed by atoms with Crippen LogP contribution in [0.1, 0.15) is 81.4 Å². The molecule has 160 valence electrons. The summed E-state index contributed by atoms with van der Waals surface area (Å²) in [7, 11) is 2.15. The first-order valence-corrected chi connectivity index (χ1v) is 11.5. The molecule has 0 bridgehead atoms. The lowest BCUT2D eigenvalue weighted by molar-refractivity contribution is -0.124. The molecular formula is C27H35NO2. The van der Waals surface area contributed by atoms with E-state index in [0.29, 0.717) is 23.9 Å². The molecule has 0 radical (unpaired) electrons. The molecule has 1 fully saturated rings. The van der Waals surface area contributed by atoms with Crippen LogP contribution in [0.15, 0.2) is 42.5 Å². The highest BCUT2D eigenvalue weighted by molar-refractivity contribution is 5.90. The highest BCUT2D eigenvalue weighted by Crippen LogP contribution is 2.53. The first kappa shape index (κ1) is 21.0. The first-order valence-electron chi connectivity index (χ1n) is 11.5. The van der Waals surface area contributed by atoms with Crippen molar-refractivity contribution < 1.29 is 9.90 Å². The van der Waals surface area contributed by atoms with Crippen LogP contribution in [0.2, 0.25) is 0 Å². The van der Waals surface area contributed by atoms with Crippen molar-refractivity contribution in [2.24, 2.45) is 5.92 Å². The number of carbonyl (C=O) groups excluding carboxylic acids is 1. The van der Waals surface area contributed by atoms with Gasteiger partial charge in [-0.1, -0.05) is 37.3 Å². The number of hydrogen-bond acceptors (Lipinski definition) is 3. The minimum atomic E-state index is -0.0757. The molecule has 0 amide bonds. The van der Waals surface area contributed by atoms with Crippen molar-refractivity contribution in [2.75, 3.05) is 11.9 Å². The molecule has 1 aliphatic heterocycles. The van der Waals surface area contributed by atoms with Crippen molar-refractivity contribution in [1.82, 2.24) is 0 Å². The molecular weight excluding hydrogens is 370 g/mol. The lowest BCUT2D eigenvalue weighted by atomic mass is 9.63. The van der Waals surface area contributed by atoms with E-state index in [1.54, 1.807) is 0 Å². The van der Waals surface area contributed by atoms with Gasteiger partial charge in [0, 0.05) is 30.6 Å². The number of fused-ring (bicyclic) bond motifs is 3. The third-order valence-electron chi connectivity index (χ3n) is 7.81. The largest absolute Gasteiger partial charge is 0.508 e. The highest BCUT2D eigenvalue weighted by Gasteiger charge is 2.49. The second-order valence-corrected chi connectivity index (χ2v) is 9.90. The van der Waals surface area contributed by atoms with E-state index in [2.05, 4.69) is 69.1 Å². The van der Waals surface area contributed by atoms with E-state index in [1.807, 2.05) is 6.07 Å². The predicted molar refractivity (Wildman–Crippen MR) is 123 cm³/mol. The number of aromatic hydroxyl groups is 1. The van der Waals surface area contributed by atoms with Crippen LogP contribution in [-0.4, -0.2) is 23.5 Å². The predicted octanol–water partition coefficient (Wildman–Crippen LogP) is 6.20. The second-order valence-electron chi connectivity index (χ2n) is 9.90. The van der Waals surface area contributed by atoms with Crippen molar-refractivity contribution in [2.45, 2.75) is 76.7 Å². The zero-order valence-electron chi connectivity index (χ0n) is 18.8. The van der Waals surface area contributed by atoms with Gasteiger partial charge in [-0.3, -0.25) is 4.79 Å². The fourth-order valence-electron chi connectivity index (χ4n) is 5.71. The monoisotopic (exact) mass is 405 g/mol. The lowest BCUT2D eigenvalue weighted by Gasteiger charge is -2.53. The van der Waals surface area contributed by atoms with Gasteiger partial charge in [0.15, 0.2) is 0 Å². The molecule has 1 saturated carbocycles. The average molecular weight is 406 g/mol. The van der Waals surface area contributed by atoms with Crippen molar-refractivity contribution in [3.8, 4) is 5.75 Å². The molecule has 1 heterocycles. The number of hydrogen-bond donors (Lipinski definition) is 1. The lowest BCUT2D eigenvalue weighted by Crippen LogP contribution is -2.55. The molecule has 1 N–H and O–H groups in total. The smallest absolute Gasteiger partial charge is 0.140 e. The Balaban J connectivity index is 1.60. The van der Waals surface area contributed by atoms with Crippen LogP contribution in [0.5, 0.6) is 5.75 Å². The number of aryl methyl sites for hydroxylation is 1. The molecule has 30 heavy (non-hydrogen) atoms. The maximum absolute atomic E-state index is 12.9. The number of rotatable bonds is 5. The van der Waals surface area contributed by atoms with Crippen LogP contribution in [0.3, 0.4) is 0 Å². The van der Waals surface area contributed by atoms with Gasteiger partial charge in [0.1, 0.15) is 11.5 Å². The summed E-state index contributed by atoms with van der Waals surface area (Å²) in [6, 6.07) is 14.7. The summed E-state index contributed by atoms with van der Waals surface area (Å²) < 4.78 is 0. The summed E-state index contributed by atoms with van der Waals surface area (Å²) in [5.74, 6) is 1.20. The Hall–Kier alpha value is -2.29. The molecule has 2 aromatic carbocycles. The van der Waals surface area contributed by atoms with E-state index in [9.17, 15) is 9.90 Å². The van der Waals surface area contributed by atoms with Gasteiger partial charge in [-0.15, -0.1) is 0 Å². The minimum absolute atomic E-state index is 0.0709. The van der Waals surface area contributed by atoms with E-state index in [1.165, 1.54) is 5.56 Å². The third kappa shape index (κ3) is 3.64. The van der Waals surface area contributed by atoms with Crippen LogP contribution < -0.4 is 4.90 Å². The number of ketones is 1. The summed E-state index contributed by atoms with van der Waals surface area (Å²) >= 11 is 0. The Morgan fingerprint density at radius 3 is 2.67 bits per heavy atom. The summed E-state index contributed by atoms with van der Waals surface area (Å²) in [5, 5.41) is 10.9. The molecule has 3 heteroatoms. The normalized spacial score (nSPS) is 23.6. The van der Waals surface area contributed by atoms with Crippen molar-refractivity contribution in [1.29, 1.82) is 0 Å². The summed E-state index contributed by atoms with van der Waals surface area (Å²) in [6.07, 6.45) is 5.90. The SMILES string of the molecule is CC(CCCc1ccccc1)c1cc2c(cc1O)C1C(=O)CCCC1C(C)(C)N2C. The first-order chi connectivity index (χ1) is 14.3. The van der Waals surface area contributed by atoms with Gasteiger partial charge in [0.25, 0.3) is 0 Å². The van der Waals surface area contributed by atoms with E-state index < -0.39 is 0 Å². The van der Waals surface area contributed by atoms with Gasteiger partial charge >= 0.3 is 0 Å². The van der Waals surface area contributed by atoms with Crippen LogP contribution in [0.25, 0.3) is 0 Å². The maximum atomic E-state index is 12.9. The molecule has 1 aliphatic carbocycles. The van der Waals surface area contributed by atoms with Gasteiger partial charge in [0.05, 0.1) is 0 Å². The minimum Gasteiger partial charge on any atom is -0.508 e. The molecule has 0 aromatic heterocycles. The summed E-state index contributed by atoms with van der Waals surface area (Å²) in [5.41, 5.74) is 4.45. The third-order valence-corrected chi connectivity index (χ3v) is 7.81. The fourth-order valence-corrected chi connectivity index (χ4v) is 5.71. The zero-order chi connectivity index (χ0) is 21.5. The van der Waals surface area contributed by atoms with Crippen molar-refractivity contribution in [3.63, 3.8) is 0 Å². The average Bonchev–Trinajstić information content (AvgIpc) is 2.72. The van der Waals surface area contributed by atoms with E-state index in [-0.39, 0.29) is 17.4 Å². The molecule has 2 aromatic rings. The highest BCUT2D eigenvalue weighted by atomic mass is 16.3. The summed E-state index contributed by atoms with van der Waals surface area (Å²) in [4.78, 5) is 15.2. The van der Waals surface area contributed by atoms with Crippen LogP contribution in [-0.2, 0) is 11.2 Å². The number of carbonyl (C=O) groups is 1. The Morgan fingerprint density at radius 2 is 1.93 bits per heavy atom. The topological polar surface area (TPSA) is 40.5 Å². The Labute approximate surface area is 181 Å². The second kappa shape index (κ2) is 8.09. The zero-order valence-corrected chi connectivity index (χ0v) is 18.8. The quantitative estimate of drug-likeness (QED) is 0.644. The Kier molecular flexibility index (Phi) is 5.65. The fraction of sp³-hybridized carbons (Fsp3) is 0.519. The molecule has 3 nitrogen and oxygen atoms in total. The van der Waals surface area contributed by atoms with Crippen LogP contribution in [0, 0.1) is 5.92 Å². The molecule has 3 atom stereocenters. The van der Waals surface area contributed by atoms with E-state index >= 15 is 0 Å². The number of anilines is 1. The van der Waals surface area contributed by atoms with E-state index in [4.69, 9.17) is 0 Å². The molecule has 2 aliphatic rings. The number of Topliss-reactive ketones (excluding diaryl/α,β-unsaturated/α-hetero) is 1. The summed E-state index contributed by atoms with van der Waals surface area (Å²) in [6.45, 7) is 6.74. The van der Waals surface area contributed by atoms with Gasteiger partial charge in [0.2, 0.25) is 0 Å². The van der Waals surface area contributed by atoms with Crippen molar-refractivity contribution >= 4 is 11.5 Å². The number of nitrogens with zero attached hydrogens (tertiary/aromatic N) is 1. The van der Waals surface area contributed by atoms with Crippen LogP contribution >= 0.6 is 0 Å². The van der Waals surface area contributed by atoms with Crippen LogP contribution in [0.4, 0.5) is 5.69 Å². The van der Waals surface area contributed by atoms with Gasteiger partial charge < -0.3 is 10.0 Å². The Bertz CT molecular complexity index is 918. The number of phenolic OH excluding ortho intramolecular Hbond substituents is 1. The van der Waals surface area contributed by atoms with Gasteiger partial charge in [-0.2, -0.15) is 0 Å². The van der Waals surface area contributed by atoms with Gasteiger partial charge in [-0.25, -0.2) is 0 Å².